The molecule has 0 saturated carbocycles. The van der Waals surface area contributed by atoms with Crippen molar-refractivity contribution in [1.82, 2.24) is 15.1 Å². The maximum Gasteiger partial charge on any atom is 0.471 e. The second-order valence-electron chi connectivity index (χ2n) is 7.09. The first-order chi connectivity index (χ1) is 13.7. The van der Waals surface area contributed by atoms with Gasteiger partial charge in [-0.2, -0.15) is 13.2 Å². The van der Waals surface area contributed by atoms with Crippen LogP contribution in [0.2, 0.25) is 0 Å². The number of likely N-dealkylation sites (tertiary alicyclic amines) is 1. The second kappa shape index (κ2) is 8.22. The topological polar surface area (TPSA) is 86.8 Å². The van der Waals surface area contributed by atoms with E-state index in [1.807, 2.05) is 0 Å². The summed E-state index contributed by atoms with van der Waals surface area (Å²) >= 11 is 0. The number of benzene rings is 1. The Morgan fingerprint density at radius 2 is 1.59 bits per heavy atom. The number of halogens is 3. The van der Waals surface area contributed by atoms with Gasteiger partial charge in [-0.3, -0.25) is 24.1 Å². The fraction of sp³-hybridized carbons (Fsp3) is 0.474. The number of nitrogens with zero attached hydrogens (tertiary/aromatic N) is 2. The van der Waals surface area contributed by atoms with Gasteiger partial charge < -0.3 is 10.2 Å². The van der Waals surface area contributed by atoms with Crippen LogP contribution in [0.4, 0.5) is 13.2 Å². The number of rotatable bonds is 5. The molecule has 0 atom stereocenters. The van der Waals surface area contributed by atoms with E-state index < -0.39 is 23.9 Å². The summed E-state index contributed by atoms with van der Waals surface area (Å²) in [7, 11) is 0. The van der Waals surface area contributed by atoms with Crippen molar-refractivity contribution in [1.29, 1.82) is 0 Å². The van der Waals surface area contributed by atoms with Gasteiger partial charge in [0.05, 0.1) is 11.1 Å². The van der Waals surface area contributed by atoms with Crippen LogP contribution in [-0.2, 0) is 9.59 Å². The van der Waals surface area contributed by atoms with E-state index in [9.17, 15) is 32.3 Å². The number of imide groups is 1. The lowest BCUT2D eigenvalue weighted by Crippen LogP contribution is -2.46. The van der Waals surface area contributed by atoms with Gasteiger partial charge in [-0.05, 0) is 30.9 Å². The van der Waals surface area contributed by atoms with Crippen molar-refractivity contribution in [3.05, 3.63) is 35.4 Å². The highest BCUT2D eigenvalue weighted by atomic mass is 19.4. The van der Waals surface area contributed by atoms with Crippen molar-refractivity contribution in [2.75, 3.05) is 26.2 Å². The van der Waals surface area contributed by atoms with Crippen molar-refractivity contribution in [3.8, 4) is 0 Å². The summed E-state index contributed by atoms with van der Waals surface area (Å²) in [4.78, 5) is 49.6. The Hall–Kier alpha value is -2.91. The zero-order chi connectivity index (χ0) is 21.2. The third kappa shape index (κ3) is 4.57. The fourth-order valence-electron chi connectivity index (χ4n) is 3.52. The molecule has 0 bridgehead atoms. The van der Waals surface area contributed by atoms with Crippen molar-refractivity contribution in [2.24, 2.45) is 5.92 Å². The number of carbonyl (C=O) groups excluding carboxylic acids is 4. The minimum absolute atomic E-state index is 0.00603. The fourth-order valence-corrected chi connectivity index (χ4v) is 3.52. The van der Waals surface area contributed by atoms with E-state index in [2.05, 4.69) is 5.32 Å². The lowest BCUT2D eigenvalue weighted by Gasteiger charge is -2.32. The molecule has 156 valence electrons. The van der Waals surface area contributed by atoms with Crippen LogP contribution in [0.1, 0.15) is 40.0 Å². The number of alkyl halides is 3. The van der Waals surface area contributed by atoms with E-state index in [-0.39, 0.29) is 44.4 Å². The van der Waals surface area contributed by atoms with Gasteiger partial charge in [-0.1, -0.05) is 12.1 Å². The van der Waals surface area contributed by atoms with E-state index in [1.54, 1.807) is 24.3 Å². The normalized spacial score (nSPS) is 17.5. The second-order valence-corrected chi connectivity index (χ2v) is 7.09. The molecule has 2 heterocycles. The molecule has 1 aromatic carbocycles. The number of carbonyl (C=O) groups is 4. The number of hydrogen-bond donors (Lipinski definition) is 1. The summed E-state index contributed by atoms with van der Waals surface area (Å²) in [5, 5.41) is 2.69. The van der Waals surface area contributed by atoms with E-state index >= 15 is 0 Å². The lowest BCUT2D eigenvalue weighted by molar-refractivity contribution is -0.186. The number of piperidine rings is 1. The number of amides is 4. The van der Waals surface area contributed by atoms with Crippen LogP contribution in [-0.4, -0.2) is 65.8 Å². The summed E-state index contributed by atoms with van der Waals surface area (Å²) in [6.45, 7) is 0.216. The summed E-state index contributed by atoms with van der Waals surface area (Å²) in [6, 6.07) is 6.44. The van der Waals surface area contributed by atoms with Gasteiger partial charge in [0.1, 0.15) is 0 Å². The molecule has 2 aliphatic heterocycles. The number of hydrogen-bond acceptors (Lipinski definition) is 4. The van der Waals surface area contributed by atoms with Crippen molar-refractivity contribution >= 4 is 23.6 Å². The van der Waals surface area contributed by atoms with Gasteiger partial charge in [0, 0.05) is 32.6 Å². The Morgan fingerprint density at radius 3 is 2.10 bits per heavy atom. The first-order valence-corrected chi connectivity index (χ1v) is 9.26. The molecule has 0 spiro atoms. The minimum atomic E-state index is -4.87. The van der Waals surface area contributed by atoms with Crippen LogP contribution >= 0.6 is 0 Å². The Bertz CT molecular complexity index is 797. The van der Waals surface area contributed by atoms with Crippen molar-refractivity contribution in [3.63, 3.8) is 0 Å². The summed E-state index contributed by atoms with van der Waals surface area (Å²) in [5.74, 6) is -3.08. The molecule has 1 fully saturated rings. The van der Waals surface area contributed by atoms with E-state index in [1.165, 1.54) is 0 Å². The first-order valence-electron chi connectivity index (χ1n) is 9.26. The maximum atomic E-state index is 12.4. The molecule has 0 unspecified atom stereocenters. The molecule has 4 amide bonds. The first kappa shape index (κ1) is 20.8. The van der Waals surface area contributed by atoms with Crippen LogP contribution in [0, 0.1) is 5.92 Å². The standard InChI is InChI=1S/C19H20F3N3O4/c20-19(21,22)18(29)24-8-5-12(6-9-24)11-23-15(26)7-10-25-16(27)13-3-1-2-4-14(13)17(25)28/h1-4,12H,5-11H2,(H,23,26). The van der Waals surface area contributed by atoms with Crippen LogP contribution in [0.25, 0.3) is 0 Å². The van der Waals surface area contributed by atoms with Gasteiger partial charge in [0.2, 0.25) is 5.91 Å². The lowest BCUT2D eigenvalue weighted by atomic mass is 9.96. The number of nitrogens with one attached hydrogen (secondary N) is 1. The highest BCUT2D eigenvalue weighted by molar-refractivity contribution is 6.21. The molecule has 0 aliphatic carbocycles. The Morgan fingerprint density at radius 1 is 1.03 bits per heavy atom. The Kier molecular flexibility index (Phi) is 5.90. The highest BCUT2D eigenvalue weighted by Gasteiger charge is 2.43. The van der Waals surface area contributed by atoms with Crippen molar-refractivity contribution in [2.45, 2.75) is 25.4 Å². The quantitative estimate of drug-likeness (QED) is 0.746. The molecule has 7 nitrogen and oxygen atoms in total. The third-order valence-corrected chi connectivity index (χ3v) is 5.17. The van der Waals surface area contributed by atoms with Crippen LogP contribution in [0.5, 0.6) is 0 Å². The highest BCUT2D eigenvalue weighted by Crippen LogP contribution is 2.24. The molecule has 0 aromatic heterocycles. The predicted octanol–water partition coefficient (Wildman–Crippen LogP) is 1.59. The molecular formula is C19H20F3N3O4. The molecule has 29 heavy (non-hydrogen) atoms. The largest absolute Gasteiger partial charge is 0.471 e. The minimum Gasteiger partial charge on any atom is -0.356 e. The average molecular weight is 411 g/mol. The molecule has 2 aliphatic rings. The molecule has 3 rings (SSSR count). The van der Waals surface area contributed by atoms with Gasteiger partial charge in [0.25, 0.3) is 11.8 Å². The Labute approximate surface area is 164 Å². The molecule has 1 saturated heterocycles. The number of fused-ring (bicyclic) bond motifs is 1. The summed E-state index contributed by atoms with van der Waals surface area (Å²) < 4.78 is 37.3. The van der Waals surface area contributed by atoms with E-state index in [4.69, 9.17) is 0 Å². The van der Waals surface area contributed by atoms with Gasteiger partial charge in [-0.15, -0.1) is 0 Å². The molecule has 0 radical (unpaired) electrons. The molecule has 1 N–H and O–H groups in total. The predicted molar refractivity (Wildman–Crippen MR) is 94.8 cm³/mol. The van der Waals surface area contributed by atoms with E-state index in [0.29, 0.717) is 24.0 Å². The smallest absolute Gasteiger partial charge is 0.356 e. The Balaban J connectivity index is 1.40. The average Bonchev–Trinajstić information content (AvgIpc) is 2.94. The van der Waals surface area contributed by atoms with Gasteiger partial charge >= 0.3 is 12.1 Å². The van der Waals surface area contributed by atoms with Crippen molar-refractivity contribution < 1.29 is 32.3 Å². The molecular weight excluding hydrogens is 391 g/mol. The SMILES string of the molecule is O=C(CCN1C(=O)c2ccccc2C1=O)NCC1CCN(C(=O)C(F)(F)F)CC1. The maximum absolute atomic E-state index is 12.4. The zero-order valence-corrected chi connectivity index (χ0v) is 15.5. The molecule has 10 heteroatoms. The third-order valence-electron chi connectivity index (χ3n) is 5.17. The monoisotopic (exact) mass is 411 g/mol. The molecule has 1 aromatic rings. The van der Waals surface area contributed by atoms with E-state index in [0.717, 1.165) is 9.80 Å². The summed E-state index contributed by atoms with van der Waals surface area (Å²) in [6.07, 6.45) is -4.21. The summed E-state index contributed by atoms with van der Waals surface area (Å²) in [5.41, 5.74) is 0.635. The van der Waals surface area contributed by atoms with Gasteiger partial charge in [0.15, 0.2) is 0 Å². The van der Waals surface area contributed by atoms with Crippen LogP contribution < -0.4 is 5.32 Å². The zero-order valence-electron chi connectivity index (χ0n) is 15.5. The van der Waals surface area contributed by atoms with Crippen LogP contribution in [0.3, 0.4) is 0 Å². The van der Waals surface area contributed by atoms with Gasteiger partial charge in [-0.25, -0.2) is 0 Å². The van der Waals surface area contributed by atoms with Crippen LogP contribution in [0.15, 0.2) is 24.3 Å².